The Morgan fingerprint density at radius 2 is 1.81 bits per heavy atom. The van der Waals surface area contributed by atoms with Crippen molar-refractivity contribution in [3.8, 4) is 11.5 Å². The van der Waals surface area contributed by atoms with Gasteiger partial charge >= 0.3 is 6.18 Å². The minimum absolute atomic E-state index is 0.0628. The number of ether oxygens (including phenoxy) is 2. The van der Waals surface area contributed by atoms with E-state index in [4.69, 9.17) is 9.47 Å². The molecule has 2 heterocycles. The lowest BCUT2D eigenvalue weighted by molar-refractivity contribution is -0.108. The zero-order valence-corrected chi connectivity index (χ0v) is 21.0. The van der Waals surface area contributed by atoms with Crippen LogP contribution in [0.1, 0.15) is 33.6 Å². The molecule has 10 heteroatoms. The SMILES string of the molecule is CCOc1ccc(F)c(N2CCC(Oc3ccc(N4N=C(C(F)(F)F)C(C)C4CC=O)cc3)C(C)C2)c1. The summed E-state index contributed by atoms with van der Waals surface area (Å²) in [7, 11) is 0. The second-order valence-corrected chi connectivity index (χ2v) is 9.49. The van der Waals surface area contributed by atoms with Gasteiger partial charge in [0, 0.05) is 43.8 Å². The van der Waals surface area contributed by atoms with Crippen molar-refractivity contribution in [1.29, 1.82) is 0 Å². The first-order valence-corrected chi connectivity index (χ1v) is 12.4. The number of benzene rings is 2. The molecule has 6 nitrogen and oxygen atoms in total. The van der Waals surface area contributed by atoms with E-state index in [9.17, 15) is 22.4 Å². The standard InChI is InChI=1S/C27H31F4N3O3/c1-4-36-21-9-10-22(28)24(15-21)33-13-11-25(17(2)16-33)37-20-7-5-19(6-8-20)34-23(12-14-35)18(3)26(32-34)27(29,30)31/h5-10,14-15,17-18,23,25H,4,11-13,16H2,1-3H3. The summed E-state index contributed by atoms with van der Waals surface area (Å²) in [4.78, 5) is 13.1. The van der Waals surface area contributed by atoms with Gasteiger partial charge in [0.05, 0.1) is 24.0 Å². The van der Waals surface area contributed by atoms with Crippen molar-refractivity contribution in [3.63, 3.8) is 0 Å². The Morgan fingerprint density at radius 1 is 1.11 bits per heavy atom. The second-order valence-electron chi connectivity index (χ2n) is 9.49. The minimum Gasteiger partial charge on any atom is -0.494 e. The van der Waals surface area contributed by atoms with E-state index in [-0.39, 0.29) is 24.3 Å². The van der Waals surface area contributed by atoms with Crippen molar-refractivity contribution in [3.05, 3.63) is 48.3 Å². The van der Waals surface area contributed by atoms with E-state index in [1.807, 2.05) is 18.7 Å². The minimum atomic E-state index is -4.56. The Morgan fingerprint density at radius 3 is 2.43 bits per heavy atom. The summed E-state index contributed by atoms with van der Waals surface area (Å²) in [5.41, 5.74) is 0.0745. The summed E-state index contributed by atoms with van der Waals surface area (Å²) in [6.07, 6.45) is -3.44. The summed E-state index contributed by atoms with van der Waals surface area (Å²) < 4.78 is 66.4. The number of halogens is 4. The lowest BCUT2D eigenvalue weighted by Crippen LogP contribution is -2.44. The number of carbonyl (C=O) groups is 1. The molecular formula is C27H31F4N3O3. The van der Waals surface area contributed by atoms with E-state index in [2.05, 4.69) is 5.10 Å². The maximum absolute atomic E-state index is 14.5. The van der Waals surface area contributed by atoms with Crippen LogP contribution in [0, 0.1) is 17.7 Å². The molecule has 4 unspecified atom stereocenters. The Kier molecular flexibility index (Phi) is 7.94. The van der Waals surface area contributed by atoms with Crippen LogP contribution < -0.4 is 19.4 Å². The Balaban J connectivity index is 1.42. The lowest BCUT2D eigenvalue weighted by atomic mass is 9.95. The number of alkyl halides is 3. The third-order valence-electron chi connectivity index (χ3n) is 6.95. The number of hydrogen-bond acceptors (Lipinski definition) is 6. The highest BCUT2D eigenvalue weighted by Gasteiger charge is 2.48. The van der Waals surface area contributed by atoms with Crippen LogP contribution in [0.3, 0.4) is 0 Å². The van der Waals surface area contributed by atoms with Gasteiger partial charge in [-0.3, -0.25) is 5.01 Å². The summed E-state index contributed by atoms with van der Waals surface area (Å²) in [6.45, 7) is 7.06. The fourth-order valence-electron chi connectivity index (χ4n) is 5.00. The highest BCUT2D eigenvalue weighted by Crippen LogP contribution is 2.37. The van der Waals surface area contributed by atoms with Crippen LogP contribution in [0.2, 0.25) is 0 Å². The third kappa shape index (κ3) is 5.83. The Hall–Kier alpha value is -3.30. The molecular weight excluding hydrogens is 490 g/mol. The number of piperidine rings is 1. The van der Waals surface area contributed by atoms with E-state index >= 15 is 0 Å². The smallest absolute Gasteiger partial charge is 0.431 e. The van der Waals surface area contributed by atoms with Crippen molar-refractivity contribution in [2.45, 2.75) is 51.9 Å². The van der Waals surface area contributed by atoms with Crippen molar-refractivity contribution in [1.82, 2.24) is 0 Å². The molecule has 37 heavy (non-hydrogen) atoms. The predicted molar refractivity (Wildman–Crippen MR) is 134 cm³/mol. The van der Waals surface area contributed by atoms with E-state index in [1.165, 1.54) is 18.0 Å². The molecule has 2 aliphatic heterocycles. The van der Waals surface area contributed by atoms with Crippen molar-refractivity contribution in [2.24, 2.45) is 16.9 Å². The zero-order chi connectivity index (χ0) is 26.7. The average molecular weight is 522 g/mol. The van der Waals surface area contributed by atoms with Crippen LogP contribution in [-0.2, 0) is 4.79 Å². The molecule has 0 aromatic heterocycles. The molecule has 2 aromatic carbocycles. The van der Waals surface area contributed by atoms with Crippen molar-refractivity contribution < 1.29 is 31.8 Å². The number of rotatable bonds is 8. The first-order chi connectivity index (χ1) is 17.6. The molecule has 0 aliphatic carbocycles. The van der Waals surface area contributed by atoms with E-state index in [1.54, 1.807) is 36.4 Å². The average Bonchev–Trinajstić information content (AvgIpc) is 3.19. The molecule has 0 saturated carbocycles. The van der Waals surface area contributed by atoms with Gasteiger partial charge in [0.15, 0.2) is 0 Å². The summed E-state index contributed by atoms with van der Waals surface area (Å²) in [6, 6.07) is 10.7. The molecule has 2 aromatic rings. The van der Waals surface area contributed by atoms with Crippen LogP contribution in [0.5, 0.6) is 11.5 Å². The van der Waals surface area contributed by atoms with E-state index < -0.39 is 23.8 Å². The molecule has 4 atom stereocenters. The molecule has 4 rings (SSSR count). The van der Waals surface area contributed by atoms with E-state index in [0.717, 1.165) is 0 Å². The monoisotopic (exact) mass is 521 g/mol. The van der Waals surface area contributed by atoms with Gasteiger partial charge < -0.3 is 19.2 Å². The molecule has 0 radical (unpaired) electrons. The van der Waals surface area contributed by atoms with Gasteiger partial charge in [0.2, 0.25) is 0 Å². The molecule has 2 aliphatic rings. The van der Waals surface area contributed by atoms with Crippen molar-refractivity contribution >= 4 is 23.4 Å². The van der Waals surface area contributed by atoms with Gasteiger partial charge in [-0.25, -0.2) is 4.39 Å². The maximum atomic E-state index is 14.5. The zero-order valence-electron chi connectivity index (χ0n) is 21.0. The molecule has 200 valence electrons. The first-order valence-electron chi connectivity index (χ1n) is 12.4. The number of anilines is 2. The molecule has 0 N–H and O–H groups in total. The number of hydrogen-bond donors (Lipinski definition) is 0. The van der Waals surface area contributed by atoms with E-state index in [0.29, 0.717) is 55.3 Å². The number of nitrogens with zero attached hydrogens (tertiary/aromatic N) is 3. The van der Waals surface area contributed by atoms with Gasteiger partial charge in [0.25, 0.3) is 0 Å². The number of hydrazone groups is 1. The Bertz CT molecular complexity index is 1120. The lowest BCUT2D eigenvalue weighted by Gasteiger charge is -2.38. The van der Waals surface area contributed by atoms with Gasteiger partial charge in [-0.15, -0.1) is 0 Å². The maximum Gasteiger partial charge on any atom is 0.431 e. The van der Waals surface area contributed by atoms with Gasteiger partial charge in [0.1, 0.15) is 35.4 Å². The highest BCUT2D eigenvalue weighted by molar-refractivity contribution is 5.95. The molecule has 0 spiro atoms. The number of carbonyl (C=O) groups excluding carboxylic acids is 1. The highest BCUT2D eigenvalue weighted by atomic mass is 19.4. The summed E-state index contributed by atoms with van der Waals surface area (Å²) in [5.74, 6) is 0.0773. The molecule has 1 fully saturated rings. The predicted octanol–water partition coefficient (Wildman–Crippen LogP) is 5.85. The normalized spacial score (nSPS) is 24.1. The van der Waals surface area contributed by atoms with Crippen LogP contribution >= 0.6 is 0 Å². The van der Waals surface area contributed by atoms with Gasteiger partial charge in [-0.2, -0.15) is 18.3 Å². The van der Waals surface area contributed by atoms with Crippen LogP contribution in [0.25, 0.3) is 0 Å². The van der Waals surface area contributed by atoms with Gasteiger partial charge in [-0.1, -0.05) is 13.8 Å². The Labute approximate surface area is 213 Å². The van der Waals surface area contributed by atoms with Crippen LogP contribution in [0.4, 0.5) is 28.9 Å². The third-order valence-corrected chi connectivity index (χ3v) is 6.95. The molecule has 1 saturated heterocycles. The largest absolute Gasteiger partial charge is 0.494 e. The quantitative estimate of drug-likeness (QED) is 0.322. The topological polar surface area (TPSA) is 54.4 Å². The van der Waals surface area contributed by atoms with Crippen LogP contribution in [0.15, 0.2) is 47.6 Å². The fourth-order valence-corrected chi connectivity index (χ4v) is 5.00. The van der Waals surface area contributed by atoms with Crippen molar-refractivity contribution in [2.75, 3.05) is 29.6 Å². The second kappa shape index (κ2) is 11.0. The number of aldehydes is 1. The summed E-state index contributed by atoms with van der Waals surface area (Å²) in [5, 5.41) is 5.09. The fraction of sp³-hybridized carbons (Fsp3) is 0.481. The molecule has 0 amide bonds. The molecule has 0 bridgehead atoms. The first kappa shape index (κ1) is 26.8. The summed E-state index contributed by atoms with van der Waals surface area (Å²) >= 11 is 0. The van der Waals surface area contributed by atoms with Gasteiger partial charge in [-0.05, 0) is 43.3 Å². The van der Waals surface area contributed by atoms with Crippen LogP contribution in [-0.4, -0.2) is 50.0 Å².